The molecule has 21 heavy (non-hydrogen) atoms. The number of nitro groups is 1. The van der Waals surface area contributed by atoms with Gasteiger partial charge in [-0.1, -0.05) is 6.07 Å². The molecule has 0 bridgehead atoms. The van der Waals surface area contributed by atoms with E-state index in [2.05, 4.69) is 5.32 Å². The van der Waals surface area contributed by atoms with Gasteiger partial charge in [0.25, 0.3) is 12.1 Å². The first-order chi connectivity index (χ1) is 9.74. The van der Waals surface area contributed by atoms with Crippen molar-refractivity contribution in [2.75, 3.05) is 18.4 Å². The highest BCUT2D eigenvalue weighted by molar-refractivity contribution is 5.91. The predicted octanol–water partition coefficient (Wildman–Crippen LogP) is 1.75. The lowest BCUT2D eigenvalue weighted by Gasteiger charge is -2.45. The Kier molecular flexibility index (Phi) is 3.77. The van der Waals surface area contributed by atoms with E-state index in [1.54, 1.807) is 0 Å². The number of nitro benzene ring substituents is 1. The molecule has 1 aliphatic rings. The van der Waals surface area contributed by atoms with Gasteiger partial charge in [-0.3, -0.25) is 10.1 Å². The van der Waals surface area contributed by atoms with Crippen LogP contribution in [0.5, 0.6) is 0 Å². The Morgan fingerprint density at radius 1 is 1.52 bits per heavy atom. The SMILES string of the molecule is Cc1c(NC(=O)N2CC(O)(C(F)F)C2)cccc1[N+](=O)[O-]. The summed E-state index contributed by atoms with van der Waals surface area (Å²) in [5.41, 5.74) is -1.84. The van der Waals surface area contributed by atoms with E-state index in [0.717, 1.165) is 4.90 Å². The number of halogens is 2. The van der Waals surface area contributed by atoms with Crippen molar-refractivity contribution < 1.29 is 23.6 Å². The summed E-state index contributed by atoms with van der Waals surface area (Å²) in [4.78, 5) is 23.0. The molecule has 2 rings (SSSR count). The molecule has 0 saturated carbocycles. The highest BCUT2D eigenvalue weighted by Gasteiger charge is 2.50. The van der Waals surface area contributed by atoms with Crippen molar-refractivity contribution in [3.05, 3.63) is 33.9 Å². The van der Waals surface area contributed by atoms with E-state index >= 15 is 0 Å². The maximum absolute atomic E-state index is 12.5. The molecule has 9 heteroatoms. The summed E-state index contributed by atoms with van der Waals surface area (Å²) >= 11 is 0. The molecule has 1 aliphatic heterocycles. The van der Waals surface area contributed by atoms with Gasteiger partial charge in [0.15, 0.2) is 5.60 Å². The highest BCUT2D eigenvalue weighted by Crippen LogP contribution is 2.29. The van der Waals surface area contributed by atoms with Gasteiger partial charge >= 0.3 is 6.03 Å². The minimum Gasteiger partial charge on any atom is -0.380 e. The summed E-state index contributed by atoms with van der Waals surface area (Å²) in [6.45, 7) is 0.508. The normalized spacial score (nSPS) is 16.5. The van der Waals surface area contributed by atoms with Crippen LogP contribution >= 0.6 is 0 Å². The van der Waals surface area contributed by atoms with Crippen molar-refractivity contribution in [2.45, 2.75) is 19.0 Å². The molecule has 1 fully saturated rings. The fraction of sp³-hybridized carbons (Fsp3) is 0.417. The van der Waals surface area contributed by atoms with Crippen LogP contribution in [0.15, 0.2) is 18.2 Å². The molecule has 0 spiro atoms. The maximum Gasteiger partial charge on any atom is 0.322 e. The van der Waals surface area contributed by atoms with E-state index in [0.29, 0.717) is 0 Å². The summed E-state index contributed by atoms with van der Waals surface area (Å²) in [5.74, 6) is 0. The Morgan fingerprint density at radius 2 is 2.14 bits per heavy atom. The van der Waals surface area contributed by atoms with Gasteiger partial charge in [-0.2, -0.15) is 0 Å². The van der Waals surface area contributed by atoms with Crippen molar-refractivity contribution in [1.82, 2.24) is 4.90 Å². The van der Waals surface area contributed by atoms with Crippen molar-refractivity contribution in [3.8, 4) is 0 Å². The van der Waals surface area contributed by atoms with Crippen molar-refractivity contribution in [1.29, 1.82) is 0 Å². The molecule has 0 unspecified atom stereocenters. The van der Waals surface area contributed by atoms with Crippen LogP contribution in [0.2, 0.25) is 0 Å². The molecule has 1 saturated heterocycles. The number of aliphatic hydroxyl groups is 1. The van der Waals surface area contributed by atoms with Crippen LogP contribution in [0.3, 0.4) is 0 Å². The first-order valence-electron chi connectivity index (χ1n) is 6.05. The van der Waals surface area contributed by atoms with Crippen molar-refractivity contribution in [2.24, 2.45) is 0 Å². The number of β-amino-alcohol motifs (C(OH)–C–C–N with tert-alkyl or cyclic N) is 1. The number of benzene rings is 1. The standard InChI is InChI=1S/C12H13F2N3O4/c1-7-8(3-2-4-9(7)17(20)21)15-11(18)16-5-12(19,6-16)10(13)14/h2-4,10,19H,5-6H2,1H3,(H,15,18). The number of amides is 2. The largest absolute Gasteiger partial charge is 0.380 e. The summed E-state index contributed by atoms with van der Waals surface area (Å²) < 4.78 is 24.9. The molecule has 0 atom stereocenters. The lowest BCUT2D eigenvalue weighted by Crippen LogP contribution is -2.67. The Hall–Kier alpha value is -2.29. The van der Waals surface area contributed by atoms with Crippen LogP contribution in [-0.2, 0) is 0 Å². The number of likely N-dealkylation sites (tertiary alicyclic amines) is 1. The van der Waals surface area contributed by atoms with Gasteiger partial charge in [0.05, 0.1) is 29.3 Å². The van der Waals surface area contributed by atoms with E-state index < -0.39 is 36.1 Å². The molecular formula is C12H13F2N3O4. The number of urea groups is 1. The second-order valence-corrected chi connectivity index (χ2v) is 4.90. The number of hydrogen-bond acceptors (Lipinski definition) is 4. The quantitative estimate of drug-likeness (QED) is 0.656. The van der Waals surface area contributed by atoms with Gasteiger partial charge in [-0.15, -0.1) is 0 Å². The van der Waals surface area contributed by atoms with Crippen LogP contribution in [-0.4, -0.2) is 46.1 Å². The van der Waals surface area contributed by atoms with Gasteiger partial charge in [0.2, 0.25) is 0 Å². The van der Waals surface area contributed by atoms with E-state index in [1.807, 2.05) is 0 Å². The minimum atomic E-state index is -2.93. The fourth-order valence-electron chi connectivity index (χ4n) is 2.05. The average Bonchev–Trinajstić information content (AvgIpc) is 2.36. The second-order valence-electron chi connectivity index (χ2n) is 4.90. The molecule has 1 aromatic carbocycles. The summed E-state index contributed by atoms with van der Waals surface area (Å²) in [6.07, 6.45) is -2.93. The maximum atomic E-state index is 12.5. The number of carbonyl (C=O) groups excluding carboxylic acids is 1. The van der Waals surface area contributed by atoms with E-state index in [-0.39, 0.29) is 16.9 Å². The molecule has 114 valence electrons. The van der Waals surface area contributed by atoms with Gasteiger partial charge in [0.1, 0.15) is 0 Å². The first kappa shape index (κ1) is 15.1. The van der Waals surface area contributed by atoms with E-state index in [4.69, 9.17) is 0 Å². The molecule has 0 radical (unpaired) electrons. The van der Waals surface area contributed by atoms with Gasteiger partial charge in [0, 0.05) is 6.07 Å². The molecule has 0 aliphatic carbocycles. The van der Waals surface area contributed by atoms with Crippen molar-refractivity contribution in [3.63, 3.8) is 0 Å². The molecule has 1 aromatic rings. The minimum absolute atomic E-state index is 0.152. The van der Waals surface area contributed by atoms with Gasteiger partial charge in [-0.25, -0.2) is 13.6 Å². The van der Waals surface area contributed by atoms with Gasteiger partial charge < -0.3 is 15.3 Å². The van der Waals surface area contributed by atoms with Crippen LogP contribution in [0.25, 0.3) is 0 Å². The third-order valence-corrected chi connectivity index (χ3v) is 3.37. The number of alkyl halides is 2. The zero-order chi connectivity index (χ0) is 15.8. The van der Waals surface area contributed by atoms with Gasteiger partial charge in [-0.05, 0) is 13.0 Å². The Bertz CT molecular complexity index is 588. The van der Waals surface area contributed by atoms with Crippen LogP contribution in [0.4, 0.5) is 25.0 Å². The fourth-order valence-corrected chi connectivity index (χ4v) is 2.05. The summed E-state index contributed by atoms with van der Waals surface area (Å²) in [7, 11) is 0. The topological polar surface area (TPSA) is 95.7 Å². The Labute approximate surface area is 118 Å². The molecule has 2 amide bonds. The predicted molar refractivity (Wildman–Crippen MR) is 69.4 cm³/mol. The number of nitrogens with zero attached hydrogens (tertiary/aromatic N) is 2. The summed E-state index contributed by atoms with van der Waals surface area (Å²) in [6, 6.07) is 3.49. The third-order valence-electron chi connectivity index (χ3n) is 3.37. The number of nitrogens with one attached hydrogen (secondary N) is 1. The third kappa shape index (κ3) is 2.77. The number of rotatable bonds is 3. The second kappa shape index (κ2) is 5.24. The monoisotopic (exact) mass is 301 g/mol. The van der Waals surface area contributed by atoms with Crippen LogP contribution in [0, 0.1) is 17.0 Å². The number of carbonyl (C=O) groups is 1. The lowest BCUT2D eigenvalue weighted by atomic mass is 9.95. The van der Waals surface area contributed by atoms with E-state index in [1.165, 1.54) is 25.1 Å². The number of anilines is 1. The highest BCUT2D eigenvalue weighted by atomic mass is 19.3. The molecule has 1 heterocycles. The van der Waals surface area contributed by atoms with Crippen molar-refractivity contribution >= 4 is 17.4 Å². The molecule has 0 aromatic heterocycles. The molecule has 7 nitrogen and oxygen atoms in total. The first-order valence-corrected chi connectivity index (χ1v) is 6.05. The summed E-state index contributed by atoms with van der Waals surface area (Å²) in [5, 5.41) is 22.6. The lowest BCUT2D eigenvalue weighted by molar-refractivity contribution is -0.385. The van der Waals surface area contributed by atoms with Crippen LogP contribution < -0.4 is 5.32 Å². The zero-order valence-corrected chi connectivity index (χ0v) is 11.0. The zero-order valence-electron chi connectivity index (χ0n) is 11.0. The number of hydrogen-bond donors (Lipinski definition) is 2. The molecular weight excluding hydrogens is 288 g/mol. The Balaban J connectivity index is 2.05. The smallest absolute Gasteiger partial charge is 0.322 e. The average molecular weight is 301 g/mol. The van der Waals surface area contributed by atoms with Crippen LogP contribution in [0.1, 0.15) is 5.56 Å². The Morgan fingerprint density at radius 3 is 2.67 bits per heavy atom. The van der Waals surface area contributed by atoms with E-state index in [9.17, 15) is 28.8 Å². The molecule has 2 N–H and O–H groups in total.